The molecule has 0 fully saturated rings. The van der Waals surface area contributed by atoms with Gasteiger partial charge in [-0.05, 0) is 13.3 Å². The predicted octanol–water partition coefficient (Wildman–Crippen LogP) is 3.21. The van der Waals surface area contributed by atoms with Crippen LogP contribution in [-0.2, 0) is 6.42 Å². The summed E-state index contributed by atoms with van der Waals surface area (Å²) in [7, 11) is 0. The highest BCUT2D eigenvalue weighted by Gasteiger charge is 1.93. The Hall–Kier alpha value is -0.630. The molecule has 0 aromatic carbocycles. The van der Waals surface area contributed by atoms with Crippen LogP contribution in [0.15, 0.2) is 18.5 Å². The minimum Gasteiger partial charge on any atom is -0.247 e. The van der Waals surface area contributed by atoms with Crippen molar-refractivity contribution in [1.29, 1.82) is 0 Å². The summed E-state index contributed by atoms with van der Waals surface area (Å²) in [5.41, 5.74) is 1.25. The van der Waals surface area contributed by atoms with Crippen LogP contribution in [0.3, 0.4) is 0 Å². The molecule has 0 radical (unpaired) electrons. The predicted molar refractivity (Wildman–Crippen MR) is 52.1 cm³/mol. The second-order valence-electron chi connectivity index (χ2n) is 2.11. The monoisotopic (exact) mass is 169 g/mol. The van der Waals surface area contributed by atoms with Gasteiger partial charge in [0.25, 0.3) is 0 Å². The third-order valence-corrected chi connectivity index (χ3v) is 2.00. The van der Waals surface area contributed by atoms with Crippen molar-refractivity contribution >= 4 is 11.3 Å². The Labute approximate surface area is 72.8 Å². The molecule has 0 unspecified atom stereocenters. The quantitative estimate of drug-likeness (QED) is 0.619. The van der Waals surface area contributed by atoms with E-state index < -0.39 is 0 Å². The maximum atomic E-state index is 4.32. The first kappa shape index (κ1) is 10.4. The molecule has 62 valence electrons. The molecule has 0 amide bonds. The molecule has 1 rings (SSSR count). The van der Waals surface area contributed by atoms with E-state index >= 15 is 0 Å². The Bertz CT molecular complexity index is 193. The average Bonchev–Trinajstić information content (AvgIpc) is 2.41. The lowest BCUT2D eigenvalue weighted by molar-refractivity contribution is 0.888. The maximum absolute atomic E-state index is 4.32. The third-order valence-electron chi connectivity index (χ3n) is 1.17. The highest BCUT2D eigenvalue weighted by Crippen LogP contribution is 2.08. The molecule has 0 bridgehead atoms. The second-order valence-corrected chi connectivity index (χ2v) is 3.17. The normalized spacial score (nSPS) is 8.55. The molecule has 1 heterocycles. The highest BCUT2D eigenvalue weighted by molar-refractivity contribution is 7.09. The number of hydrogen-bond donors (Lipinski definition) is 0. The molecule has 2 heteroatoms. The topological polar surface area (TPSA) is 12.9 Å². The molecule has 0 aliphatic rings. The number of hydrogen-bond acceptors (Lipinski definition) is 2. The van der Waals surface area contributed by atoms with E-state index in [-0.39, 0.29) is 0 Å². The van der Waals surface area contributed by atoms with Gasteiger partial charge in [-0.25, -0.2) is 4.98 Å². The van der Waals surface area contributed by atoms with Gasteiger partial charge in [0, 0.05) is 5.38 Å². The Morgan fingerprint density at radius 1 is 1.55 bits per heavy atom. The van der Waals surface area contributed by atoms with Crippen LogP contribution < -0.4 is 0 Å². The first-order valence-corrected chi connectivity index (χ1v) is 4.62. The van der Waals surface area contributed by atoms with E-state index in [0.29, 0.717) is 0 Å². The third kappa shape index (κ3) is 3.94. The van der Waals surface area contributed by atoms with E-state index in [1.54, 1.807) is 11.3 Å². The van der Waals surface area contributed by atoms with Crippen molar-refractivity contribution in [3.63, 3.8) is 0 Å². The van der Waals surface area contributed by atoms with Gasteiger partial charge in [-0.3, -0.25) is 0 Å². The molecule has 0 aliphatic heterocycles. The lowest BCUT2D eigenvalue weighted by Gasteiger charge is -1.85. The van der Waals surface area contributed by atoms with Gasteiger partial charge in [0.1, 0.15) is 0 Å². The van der Waals surface area contributed by atoms with E-state index in [0.717, 1.165) is 6.42 Å². The summed E-state index contributed by atoms with van der Waals surface area (Å²) >= 11 is 1.73. The zero-order valence-electron chi connectivity index (χ0n) is 7.26. The van der Waals surface area contributed by atoms with Gasteiger partial charge in [0.15, 0.2) is 0 Å². The van der Waals surface area contributed by atoms with Crippen LogP contribution in [0.5, 0.6) is 0 Å². The van der Waals surface area contributed by atoms with Crippen LogP contribution in [-0.4, -0.2) is 4.98 Å². The van der Waals surface area contributed by atoms with E-state index in [1.165, 1.54) is 17.1 Å². The van der Waals surface area contributed by atoms with Crippen LogP contribution in [0.4, 0.5) is 0 Å². The summed E-state index contributed by atoms with van der Waals surface area (Å²) in [6, 6.07) is 0. The maximum Gasteiger partial charge on any atom is 0.0897 e. The van der Waals surface area contributed by atoms with Crippen LogP contribution in [0.2, 0.25) is 0 Å². The average molecular weight is 169 g/mol. The highest BCUT2D eigenvalue weighted by atomic mass is 32.1. The van der Waals surface area contributed by atoms with Gasteiger partial charge >= 0.3 is 0 Å². The standard InChI is InChI=1S/C7H11NS.C2H4/c1-3-4-7-5-9-6(2)8-7;1-2/h5H,3-4H2,1-2H3;1-2H2. The minimum atomic E-state index is 1.13. The first-order valence-electron chi connectivity index (χ1n) is 3.74. The van der Waals surface area contributed by atoms with E-state index in [4.69, 9.17) is 0 Å². The van der Waals surface area contributed by atoms with Crippen LogP contribution in [0.25, 0.3) is 0 Å². The van der Waals surface area contributed by atoms with Crippen molar-refractivity contribution in [1.82, 2.24) is 4.98 Å². The van der Waals surface area contributed by atoms with Crippen molar-refractivity contribution in [2.75, 3.05) is 0 Å². The lowest BCUT2D eigenvalue weighted by Crippen LogP contribution is -1.81. The number of rotatable bonds is 2. The summed E-state index contributed by atoms with van der Waals surface area (Å²) < 4.78 is 0. The SMILES string of the molecule is C=C.CCCc1csc(C)n1. The largest absolute Gasteiger partial charge is 0.247 e. The van der Waals surface area contributed by atoms with Crippen molar-refractivity contribution in [3.05, 3.63) is 29.2 Å². The molecule has 0 saturated carbocycles. The smallest absolute Gasteiger partial charge is 0.0897 e. The first-order chi connectivity index (χ1) is 5.33. The summed E-state index contributed by atoms with van der Waals surface area (Å²) in [4.78, 5) is 4.32. The van der Waals surface area contributed by atoms with Crippen molar-refractivity contribution in [3.8, 4) is 0 Å². The van der Waals surface area contributed by atoms with E-state index in [2.05, 4.69) is 30.4 Å². The fourth-order valence-electron chi connectivity index (χ4n) is 0.779. The molecule has 0 N–H and O–H groups in total. The number of aryl methyl sites for hydroxylation is 2. The van der Waals surface area contributed by atoms with E-state index in [9.17, 15) is 0 Å². The van der Waals surface area contributed by atoms with Crippen LogP contribution in [0, 0.1) is 6.92 Å². The molecule has 1 aromatic heterocycles. The molecular formula is C9H15NS. The Balaban J connectivity index is 0.000000461. The van der Waals surface area contributed by atoms with Crippen LogP contribution >= 0.6 is 11.3 Å². The summed E-state index contributed by atoms with van der Waals surface area (Å²) in [6.07, 6.45) is 2.33. The number of nitrogens with zero attached hydrogens (tertiary/aromatic N) is 1. The molecule has 0 spiro atoms. The van der Waals surface area contributed by atoms with Crippen molar-refractivity contribution < 1.29 is 0 Å². The zero-order valence-corrected chi connectivity index (χ0v) is 8.08. The molecule has 0 saturated heterocycles. The molecular weight excluding hydrogens is 154 g/mol. The van der Waals surface area contributed by atoms with Gasteiger partial charge in [-0.15, -0.1) is 24.5 Å². The van der Waals surface area contributed by atoms with E-state index in [1.807, 2.05) is 6.92 Å². The van der Waals surface area contributed by atoms with Crippen molar-refractivity contribution in [2.45, 2.75) is 26.7 Å². The fraction of sp³-hybridized carbons (Fsp3) is 0.444. The summed E-state index contributed by atoms with van der Waals surface area (Å²) in [6.45, 7) is 10.2. The number of aromatic nitrogens is 1. The van der Waals surface area contributed by atoms with Crippen molar-refractivity contribution in [2.24, 2.45) is 0 Å². The van der Waals surface area contributed by atoms with Gasteiger partial charge < -0.3 is 0 Å². The summed E-state index contributed by atoms with van der Waals surface area (Å²) in [5.74, 6) is 0. The Morgan fingerprint density at radius 2 is 2.18 bits per heavy atom. The van der Waals surface area contributed by atoms with Gasteiger partial charge in [0.05, 0.1) is 10.7 Å². The summed E-state index contributed by atoms with van der Waals surface area (Å²) in [5, 5.41) is 3.32. The number of thiazole rings is 1. The van der Waals surface area contributed by atoms with Gasteiger partial charge in [-0.2, -0.15) is 0 Å². The molecule has 11 heavy (non-hydrogen) atoms. The molecule has 1 aromatic rings. The lowest BCUT2D eigenvalue weighted by atomic mass is 10.3. The second kappa shape index (κ2) is 6.10. The van der Waals surface area contributed by atoms with Gasteiger partial charge in [-0.1, -0.05) is 13.3 Å². The fourth-order valence-corrected chi connectivity index (χ4v) is 1.43. The Kier molecular flexibility index (Phi) is 5.75. The van der Waals surface area contributed by atoms with Crippen LogP contribution in [0.1, 0.15) is 24.0 Å². The zero-order chi connectivity index (χ0) is 8.69. The molecule has 0 atom stereocenters. The van der Waals surface area contributed by atoms with Gasteiger partial charge in [0.2, 0.25) is 0 Å². The molecule has 0 aliphatic carbocycles. The molecule has 1 nitrogen and oxygen atoms in total. The Morgan fingerprint density at radius 3 is 2.55 bits per heavy atom. The minimum absolute atomic E-state index is 1.13.